The Bertz CT molecular complexity index is 688. The number of hydrogen-bond donors (Lipinski definition) is 0. The molecule has 108 valence electrons. The Hall–Kier alpha value is -1.61. The number of aryl methyl sites for hydroxylation is 2. The van der Waals surface area contributed by atoms with Crippen molar-refractivity contribution in [3.05, 3.63) is 51.2 Å². The summed E-state index contributed by atoms with van der Waals surface area (Å²) in [6.45, 7) is 0.848. The largest absolute Gasteiger partial charge is 0.308 e. The van der Waals surface area contributed by atoms with Crippen LogP contribution in [0.1, 0.15) is 45.6 Å². The van der Waals surface area contributed by atoms with Gasteiger partial charge in [0.2, 0.25) is 0 Å². The molecule has 0 radical (unpaired) electrons. The van der Waals surface area contributed by atoms with Gasteiger partial charge in [0.15, 0.2) is 0 Å². The summed E-state index contributed by atoms with van der Waals surface area (Å²) in [6.07, 6.45) is 6.88. The van der Waals surface area contributed by atoms with Crippen molar-refractivity contribution in [2.24, 2.45) is 0 Å². The summed E-state index contributed by atoms with van der Waals surface area (Å²) in [5.41, 5.74) is 4.72. The Kier molecular flexibility index (Phi) is 3.30. The molecule has 2 heterocycles. The lowest BCUT2D eigenvalue weighted by Crippen LogP contribution is -2.35. The summed E-state index contributed by atoms with van der Waals surface area (Å²) in [5, 5.41) is 2.09. The first-order valence-corrected chi connectivity index (χ1v) is 8.71. The SMILES string of the molecule is O=C(c1csc2c1CCCC2)N1CCCc2ccccc21. The van der Waals surface area contributed by atoms with E-state index in [2.05, 4.69) is 23.6 Å². The minimum absolute atomic E-state index is 0.210. The van der Waals surface area contributed by atoms with Crippen LogP contribution >= 0.6 is 11.3 Å². The number of carbonyl (C=O) groups excluding carboxylic acids is 1. The van der Waals surface area contributed by atoms with Crippen molar-refractivity contribution in [1.82, 2.24) is 0 Å². The third-order valence-corrected chi connectivity index (χ3v) is 5.74. The number of para-hydroxylation sites is 1. The van der Waals surface area contributed by atoms with Crippen LogP contribution in [0.15, 0.2) is 29.6 Å². The Morgan fingerprint density at radius 1 is 1.05 bits per heavy atom. The lowest BCUT2D eigenvalue weighted by Gasteiger charge is -2.29. The van der Waals surface area contributed by atoms with Gasteiger partial charge in [0.25, 0.3) is 5.91 Å². The predicted molar refractivity (Wildman–Crippen MR) is 87.4 cm³/mol. The van der Waals surface area contributed by atoms with Crippen molar-refractivity contribution in [1.29, 1.82) is 0 Å². The molecule has 21 heavy (non-hydrogen) atoms. The third-order valence-electron chi connectivity index (χ3n) is 4.65. The molecule has 0 spiro atoms. The molecule has 0 saturated heterocycles. The highest BCUT2D eigenvalue weighted by molar-refractivity contribution is 7.10. The minimum atomic E-state index is 0.210. The Morgan fingerprint density at radius 3 is 2.86 bits per heavy atom. The first-order chi connectivity index (χ1) is 10.3. The molecular formula is C18H19NOS. The second-order valence-electron chi connectivity index (χ2n) is 5.95. The summed E-state index contributed by atoms with van der Waals surface area (Å²) in [7, 11) is 0. The van der Waals surface area contributed by atoms with E-state index in [-0.39, 0.29) is 5.91 Å². The number of amides is 1. The van der Waals surface area contributed by atoms with E-state index in [9.17, 15) is 4.79 Å². The average molecular weight is 297 g/mol. The molecule has 1 aromatic heterocycles. The molecule has 1 amide bonds. The van der Waals surface area contributed by atoms with Gasteiger partial charge in [0, 0.05) is 22.5 Å². The van der Waals surface area contributed by atoms with Crippen LogP contribution in [-0.4, -0.2) is 12.5 Å². The van der Waals surface area contributed by atoms with Gasteiger partial charge in [-0.15, -0.1) is 11.3 Å². The average Bonchev–Trinajstić information content (AvgIpc) is 2.98. The molecule has 3 heteroatoms. The molecule has 2 aromatic rings. The molecule has 0 N–H and O–H groups in total. The van der Waals surface area contributed by atoms with Crippen molar-refractivity contribution < 1.29 is 4.79 Å². The van der Waals surface area contributed by atoms with Gasteiger partial charge < -0.3 is 4.90 Å². The van der Waals surface area contributed by atoms with E-state index in [4.69, 9.17) is 0 Å². The second-order valence-corrected chi connectivity index (χ2v) is 6.91. The summed E-state index contributed by atoms with van der Waals surface area (Å²) in [6, 6.07) is 8.34. The topological polar surface area (TPSA) is 20.3 Å². The molecule has 0 atom stereocenters. The van der Waals surface area contributed by atoms with Crippen LogP contribution in [0.5, 0.6) is 0 Å². The van der Waals surface area contributed by atoms with Crippen molar-refractivity contribution in [3.8, 4) is 0 Å². The minimum Gasteiger partial charge on any atom is -0.308 e. The highest BCUT2D eigenvalue weighted by atomic mass is 32.1. The lowest BCUT2D eigenvalue weighted by atomic mass is 9.94. The Morgan fingerprint density at radius 2 is 1.90 bits per heavy atom. The molecule has 1 aromatic carbocycles. The standard InChI is InChI=1S/C18H19NOS/c20-18(15-12-21-17-10-4-2-8-14(15)17)19-11-5-7-13-6-1-3-9-16(13)19/h1,3,6,9,12H,2,4-5,7-8,10-11H2. The molecule has 1 aliphatic heterocycles. The van der Waals surface area contributed by atoms with E-state index in [0.29, 0.717) is 0 Å². The van der Waals surface area contributed by atoms with Crippen LogP contribution in [0, 0.1) is 0 Å². The summed E-state index contributed by atoms with van der Waals surface area (Å²) in [4.78, 5) is 16.5. The van der Waals surface area contributed by atoms with Crippen molar-refractivity contribution in [3.63, 3.8) is 0 Å². The molecule has 0 saturated carbocycles. The molecule has 0 bridgehead atoms. The van der Waals surface area contributed by atoms with Crippen molar-refractivity contribution in [2.75, 3.05) is 11.4 Å². The van der Waals surface area contributed by atoms with Gasteiger partial charge in [-0.2, -0.15) is 0 Å². The molecule has 1 aliphatic carbocycles. The Balaban J connectivity index is 1.71. The normalized spacial score (nSPS) is 17.2. The number of thiophene rings is 1. The zero-order valence-electron chi connectivity index (χ0n) is 12.1. The maximum atomic E-state index is 13.0. The number of hydrogen-bond acceptors (Lipinski definition) is 2. The summed E-state index contributed by atoms with van der Waals surface area (Å²) < 4.78 is 0. The van der Waals surface area contributed by atoms with Crippen molar-refractivity contribution >= 4 is 22.9 Å². The smallest absolute Gasteiger partial charge is 0.259 e. The molecule has 0 fully saturated rings. The monoisotopic (exact) mass is 297 g/mol. The van der Waals surface area contributed by atoms with Gasteiger partial charge >= 0.3 is 0 Å². The molecule has 0 unspecified atom stereocenters. The lowest BCUT2D eigenvalue weighted by molar-refractivity contribution is 0.0984. The number of benzene rings is 1. The van der Waals surface area contributed by atoms with Gasteiger partial charge in [-0.3, -0.25) is 4.79 Å². The highest BCUT2D eigenvalue weighted by Gasteiger charge is 2.27. The number of fused-ring (bicyclic) bond motifs is 2. The first-order valence-electron chi connectivity index (χ1n) is 7.83. The summed E-state index contributed by atoms with van der Waals surface area (Å²) >= 11 is 1.78. The fourth-order valence-corrected chi connectivity index (χ4v) is 4.68. The van der Waals surface area contributed by atoms with Crippen LogP contribution in [0.3, 0.4) is 0 Å². The van der Waals surface area contributed by atoms with E-state index >= 15 is 0 Å². The third kappa shape index (κ3) is 2.20. The maximum Gasteiger partial charge on any atom is 0.259 e. The Labute approximate surface area is 129 Å². The van der Waals surface area contributed by atoms with Crippen LogP contribution in [-0.2, 0) is 19.3 Å². The first kappa shape index (κ1) is 13.1. The van der Waals surface area contributed by atoms with Gasteiger partial charge in [0.05, 0.1) is 5.56 Å². The van der Waals surface area contributed by atoms with Gasteiger partial charge in [-0.1, -0.05) is 18.2 Å². The quantitative estimate of drug-likeness (QED) is 0.771. The highest BCUT2D eigenvalue weighted by Crippen LogP contribution is 2.34. The van der Waals surface area contributed by atoms with E-state index in [1.807, 2.05) is 11.0 Å². The van der Waals surface area contributed by atoms with E-state index < -0.39 is 0 Å². The number of carbonyl (C=O) groups is 1. The van der Waals surface area contributed by atoms with Gasteiger partial charge in [0.1, 0.15) is 0 Å². The van der Waals surface area contributed by atoms with E-state index in [1.165, 1.54) is 28.8 Å². The summed E-state index contributed by atoms with van der Waals surface area (Å²) in [5.74, 6) is 0.210. The molecule has 2 aliphatic rings. The molecule has 4 rings (SSSR count). The number of anilines is 1. The van der Waals surface area contributed by atoms with Crippen LogP contribution in [0.25, 0.3) is 0 Å². The fourth-order valence-electron chi connectivity index (χ4n) is 3.56. The van der Waals surface area contributed by atoms with Gasteiger partial charge in [-0.05, 0) is 55.7 Å². The number of rotatable bonds is 1. The van der Waals surface area contributed by atoms with Crippen LogP contribution in [0.2, 0.25) is 0 Å². The van der Waals surface area contributed by atoms with E-state index in [0.717, 1.165) is 43.5 Å². The van der Waals surface area contributed by atoms with Crippen LogP contribution in [0.4, 0.5) is 5.69 Å². The zero-order chi connectivity index (χ0) is 14.2. The fraction of sp³-hybridized carbons (Fsp3) is 0.389. The molecular weight excluding hydrogens is 278 g/mol. The predicted octanol–water partition coefficient (Wildman–Crippen LogP) is 4.22. The number of nitrogens with zero attached hydrogens (tertiary/aromatic N) is 1. The zero-order valence-corrected chi connectivity index (χ0v) is 12.9. The van der Waals surface area contributed by atoms with Crippen molar-refractivity contribution in [2.45, 2.75) is 38.5 Å². The second kappa shape index (κ2) is 5.30. The van der Waals surface area contributed by atoms with E-state index in [1.54, 1.807) is 11.3 Å². The van der Waals surface area contributed by atoms with Gasteiger partial charge in [-0.25, -0.2) is 0 Å². The molecule has 2 nitrogen and oxygen atoms in total. The maximum absolute atomic E-state index is 13.0. The van der Waals surface area contributed by atoms with Crippen LogP contribution < -0.4 is 4.90 Å².